The number of aromatic nitrogens is 2. The van der Waals surface area contributed by atoms with E-state index in [9.17, 15) is 13.2 Å². The number of nitrogens with one attached hydrogen (secondary N) is 1. The number of ether oxygens (including phenoxy) is 1. The number of anilines is 1. The SMILES string of the molecule is COc1ccc2nc(NC(=O)c3ccc(I)cn3)sc2c1.Cc1ccc(S(=O)(=O)O)cc1. The zero-order valence-electron chi connectivity index (χ0n) is 16.9. The van der Waals surface area contributed by atoms with E-state index < -0.39 is 10.1 Å². The summed E-state index contributed by atoms with van der Waals surface area (Å²) in [5, 5.41) is 3.31. The van der Waals surface area contributed by atoms with Gasteiger partial charge in [-0.15, -0.1) is 0 Å². The number of carbonyl (C=O) groups excluding carboxylic acids is 1. The van der Waals surface area contributed by atoms with Crippen LogP contribution in [-0.4, -0.2) is 36.0 Å². The number of nitrogens with zero attached hydrogens (tertiary/aromatic N) is 2. The first-order valence-electron chi connectivity index (χ1n) is 9.07. The Balaban J connectivity index is 0.000000222. The Morgan fingerprint density at radius 3 is 2.44 bits per heavy atom. The molecule has 0 aliphatic carbocycles. The van der Waals surface area contributed by atoms with Gasteiger partial charge in [0.05, 0.1) is 22.2 Å². The summed E-state index contributed by atoms with van der Waals surface area (Å²) in [7, 11) is -2.40. The molecule has 2 aromatic heterocycles. The number of fused-ring (bicyclic) bond motifs is 1. The van der Waals surface area contributed by atoms with Crippen LogP contribution in [0, 0.1) is 10.5 Å². The van der Waals surface area contributed by atoms with Crippen LogP contribution in [0.5, 0.6) is 5.75 Å². The Bertz CT molecular complexity index is 1340. The molecule has 166 valence electrons. The predicted octanol–water partition coefficient (Wildman–Crippen LogP) is 4.80. The Labute approximate surface area is 202 Å². The molecule has 2 aromatic carbocycles. The van der Waals surface area contributed by atoms with E-state index in [1.807, 2.05) is 31.2 Å². The van der Waals surface area contributed by atoms with Gasteiger partial charge in [-0.2, -0.15) is 8.42 Å². The minimum absolute atomic E-state index is 0.0666. The van der Waals surface area contributed by atoms with Crippen molar-refractivity contribution in [1.29, 1.82) is 0 Å². The molecule has 0 atom stereocenters. The van der Waals surface area contributed by atoms with E-state index in [0.29, 0.717) is 10.8 Å². The van der Waals surface area contributed by atoms with E-state index in [-0.39, 0.29) is 10.8 Å². The highest BCUT2D eigenvalue weighted by Gasteiger charge is 2.11. The second kappa shape index (κ2) is 10.3. The molecule has 4 rings (SSSR count). The van der Waals surface area contributed by atoms with Gasteiger partial charge in [-0.25, -0.2) is 9.97 Å². The van der Waals surface area contributed by atoms with Crippen LogP contribution in [0.15, 0.2) is 65.7 Å². The fourth-order valence-electron chi connectivity index (χ4n) is 2.47. The van der Waals surface area contributed by atoms with E-state index in [4.69, 9.17) is 9.29 Å². The Kier molecular flexibility index (Phi) is 7.77. The topological polar surface area (TPSA) is 118 Å². The first-order valence-corrected chi connectivity index (χ1v) is 12.4. The molecule has 0 radical (unpaired) electrons. The van der Waals surface area contributed by atoms with Gasteiger partial charge in [0.15, 0.2) is 5.13 Å². The summed E-state index contributed by atoms with van der Waals surface area (Å²) >= 11 is 3.54. The van der Waals surface area contributed by atoms with Crippen molar-refractivity contribution >= 4 is 65.3 Å². The lowest BCUT2D eigenvalue weighted by Crippen LogP contribution is -2.13. The van der Waals surface area contributed by atoms with E-state index in [0.717, 1.165) is 25.1 Å². The predicted molar refractivity (Wildman–Crippen MR) is 132 cm³/mol. The van der Waals surface area contributed by atoms with E-state index in [1.54, 1.807) is 31.5 Å². The second-order valence-electron chi connectivity index (χ2n) is 6.46. The molecule has 0 saturated carbocycles. The van der Waals surface area contributed by atoms with E-state index >= 15 is 0 Å². The number of hydrogen-bond donors (Lipinski definition) is 2. The summed E-state index contributed by atoms with van der Waals surface area (Å²) in [6, 6.07) is 15.1. The van der Waals surface area contributed by atoms with Gasteiger partial charge in [0, 0.05) is 9.77 Å². The maximum absolute atomic E-state index is 12.1. The number of aryl methyl sites for hydroxylation is 1. The molecule has 0 saturated heterocycles. The van der Waals surface area contributed by atoms with Crippen LogP contribution in [0.1, 0.15) is 16.1 Å². The van der Waals surface area contributed by atoms with Crippen molar-refractivity contribution in [2.45, 2.75) is 11.8 Å². The van der Waals surface area contributed by atoms with Gasteiger partial charge in [0.1, 0.15) is 11.4 Å². The number of carbonyl (C=O) groups is 1. The Hall–Kier alpha value is -2.61. The van der Waals surface area contributed by atoms with Crippen LogP contribution in [0.3, 0.4) is 0 Å². The zero-order valence-corrected chi connectivity index (χ0v) is 20.7. The van der Waals surface area contributed by atoms with Crippen LogP contribution in [0.2, 0.25) is 0 Å². The van der Waals surface area contributed by atoms with Gasteiger partial charge >= 0.3 is 0 Å². The van der Waals surface area contributed by atoms with Crippen LogP contribution < -0.4 is 10.1 Å². The van der Waals surface area contributed by atoms with Crippen molar-refractivity contribution in [2.75, 3.05) is 12.4 Å². The molecule has 0 aliphatic rings. The Morgan fingerprint density at radius 2 is 1.84 bits per heavy atom. The second-order valence-corrected chi connectivity index (χ2v) is 10.2. The highest BCUT2D eigenvalue weighted by molar-refractivity contribution is 14.1. The first kappa shape index (κ1) is 24.0. The molecule has 32 heavy (non-hydrogen) atoms. The first-order chi connectivity index (χ1) is 15.2. The zero-order chi connectivity index (χ0) is 23.3. The molecule has 11 heteroatoms. The minimum Gasteiger partial charge on any atom is -0.497 e. The molecule has 0 spiro atoms. The lowest BCUT2D eigenvalue weighted by atomic mass is 10.2. The van der Waals surface area contributed by atoms with E-state index in [1.165, 1.54) is 23.5 Å². The van der Waals surface area contributed by atoms with Gasteiger partial charge in [-0.05, 0) is 72.0 Å². The summed E-state index contributed by atoms with van der Waals surface area (Å²) in [5.74, 6) is 0.501. The average Bonchev–Trinajstić information content (AvgIpc) is 3.15. The number of methoxy groups -OCH3 is 1. The maximum Gasteiger partial charge on any atom is 0.294 e. The monoisotopic (exact) mass is 583 g/mol. The standard InChI is InChI=1S/C14H10IN3O2S.C7H8O3S/c1-20-9-3-5-10-12(6-9)21-14(17-10)18-13(19)11-4-2-8(15)7-16-11;1-6-2-4-7(5-3-6)11(8,9)10/h2-7H,1H3,(H,17,18,19);2-5H,1H3,(H,8,9,10). The smallest absolute Gasteiger partial charge is 0.294 e. The highest BCUT2D eigenvalue weighted by Crippen LogP contribution is 2.29. The minimum atomic E-state index is -4.02. The maximum atomic E-state index is 12.1. The molecule has 0 aliphatic heterocycles. The molecule has 0 bridgehead atoms. The summed E-state index contributed by atoms with van der Waals surface area (Å²) in [6.45, 7) is 1.84. The van der Waals surface area contributed by atoms with Gasteiger partial charge in [-0.3, -0.25) is 14.7 Å². The molecule has 1 amide bonds. The number of amides is 1. The number of pyridine rings is 1. The van der Waals surface area contributed by atoms with Crippen LogP contribution in [0.4, 0.5) is 5.13 Å². The molecule has 2 heterocycles. The Morgan fingerprint density at radius 1 is 1.12 bits per heavy atom. The number of benzene rings is 2. The molecule has 4 aromatic rings. The molecular formula is C21H18IN3O5S2. The van der Waals surface area contributed by atoms with Crippen molar-refractivity contribution in [2.24, 2.45) is 0 Å². The third-order valence-corrected chi connectivity index (χ3v) is 6.53. The molecule has 0 fully saturated rings. The third kappa shape index (κ3) is 6.45. The van der Waals surface area contributed by atoms with Crippen LogP contribution >= 0.6 is 33.9 Å². The van der Waals surface area contributed by atoms with Crippen LogP contribution in [0.25, 0.3) is 10.2 Å². The number of rotatable bonds is 4. The fourth-order valence-corrected chi connectivity index (χ4v) is 4.16. The molecule has 8 nitrogen and oxygen atoms in total. The fraction of sp³-hybridized carbons (Fsp3) is 0.0952. The summed E-state index contributed by atoms with van der Waals surface area (Å²) in [4.78, 5) is 20.5. The summed E-state index contributed by atoms with van der Waals surface area (Å²) in [5.41, 5.74) is 2.15. The average molecular weight is 583 g/mol. The third-order valence-electron chi connectivity index (χ3n) is 4.09. The number of halogens is 1. The van der Waals surface area contributed by atoms with Crippen LogP contribution in [-0.2, 0) is 10.1 Å². The lowest BCUT2D eigenvalue weighted by Gasteiger charge is -2.00. The van der Waals surface area contributed by atoms with Crippen molar-refractivity contribution in [3.8, 4) is 5.75 Å². The van der Waals surface area contributed by atoms with Gasteiger partial charge in [0.2, 0.25) is 0 Å². The normalized spacial score (nSPS) is 10.9. The summed E-state index contributed by atoms with van der Waals surface area (Å²) < 4.78 is 36.7. The van der Waals surface area contributed by atoms with Crippen molar-refractivity contribution in [1.82, 2.24) is 9.97 Å². The lowest BCUT2D eigenvalue weighted by molar-refractivity contribution is 0.102. The van der Waals surface area contributed by atoms with Gasteiger partial charge in [-0.1, -0.05) is 29.0 Å². The van der Waals surface area contributed by atoms with Crippen molar-refractivity contribution < 1.29 is 22.5 Å². The molecular weight excluding hydrogens is 565 g/mol. The van der Waals surface area contributed by atoms with Crippen molar-refractivity contribution in [3.63, 3.8) is 0 Å². The molecule has 0 unspecified atom stereocenters. The summed E-state index contributed by atoms with van der Waals surface area (Å²) in [6.07, 6.45) is 1.65. The van der Waals surface area contributed by atoms with Gasteiger partial charge in [0.25, 0.3) is 16.0 Å². The number of hydrogen-bond acceptors (Lipinski definition) is 7. The van der Waals surface area contributed by atoms with Crippen molar-refractivity contribution in [3.05, 3.63) is 75.6 Å². The van der Waals surface area contributed by atoms with E-state index in [2.05, 4.69) is 37.9 Å². The molecule has 2 N–H and O–H groups in total. The highest BCUT2D eigenvalue weighted by atomic mass is 127. The largest absolute Gasteiger partial charge is 0.497 e. The van der Waals surface area contributed by atoms with Gasteiger partial charge < -0.3 is 4.74 Å². The number of thiazole rings is 1. The quantitative estimate of drug-likeness (QED) is 0.262.